The first-order valence-corrected chi connectivity index (χ1v) is 25.2. The Morgan fingerprint density at radius 2 is 0.645 bits per heavy atom. The van der Waals surface area contributed by atoms with E-state index in [9.17, 15) is 14.4 Å². The molecule has 0 saturated carbocycles. The maximum atomic E-state index is 12.8. The van der Waals surface area contributed by atoms with Crippen molar-refractivity contribution in [2.45, 2.75) is 226 Å². The lowest BCUT2D eigenvalue weighted by molar-refractivity contribution is -0.167. The Morgan fingerprint density at radius 3 is 1.05 bits per heavy atom. The topological polar surface area (TPSA) is 78.9 Å². The van der Waals surface area contributed by atoms with Crippen LogP contribution in [0.25, 0.3) is 0 Å². The van der Waals surface area contributed by atoms with Crippen molar-refractivity contribution in [3.8, 4) is 0 Å². The summed E-state index contributed by atoms with van der Waals surface area (Å²) in [5.41, 5.74) is 0. The van der Waals surface area contributed by atoms with Gasteiger partial charge >= 0.3 is 17.9 Å². The molecule has 0 bridgehead atoms. The number of allylic oxidation sites excluding steroid dienone is 16. The van der Waals surface area contributed by atoms with Gasteiger partial charge in [-0.15, -0.1) is 0 Å². The maximum absolute atomic E-state index is 12.8. The predicted molar refractivity (Wildman–Crippen MR) is 265 cm³/mol. The third-order valence-electron chi connectivity index (χ3n) is 10.3. The quantitative estimate of drug-likeness (QED) is 0.0263. The molecule has 0 aliphatic carbocycles. The molecule has 1 atom stereocenters. The minimum atomic E-state index is -0.814. The van der Waals surface area contributed by atoms with E-state index in [1.807, 2.05) is 0 Å². The zero-order chi connectivity index (χ0) is 45.1. The van der Waals surface area contributed by atoms with Gasteiger partial charge in [0, 0.05) is 19.3 Å². The van der Waals surface area contributed by atoms with Crippen LogP contribution in [0.1, 0.15) is 220 Å². The SMILES string of the molecule is CC/C=C\C/C=C\C/C=C\C/C=C\C/C=C\CCCC(=O)OCC(COC(=O)CCCC/C=C\C/C=C\C/C=C\CC)OC(=O)CCCCCCCCCCCCCCCCC. The molecule has 0 aliphatic rings. The summed E-state index contributed by atoms with van der Waals surface area (Å²) in [5.74, 6) is -1.01. The summed E-state index contributed by atoms with van der Waals surface area (Å²) in [4.78, 5) is 37.9. The molecule has 0 heterocycles. The number of unbranched alkanes of at least 4 members (excludes halogenated alkanes) is 17. The fraction of sp³-hybridized carbons (Fsp3) is 0.661. The first kappa shape index (κ1) is 58.3. The van der Waals surface area contributed by atoms with Crippen LogP contribution < -0.4 is 0 Å². The summed E-state index contributed by atoms with van der Waals surface area (Å²) in [6.07, 6.45) is 65.4. The van der Waals surface area contributed by atoms with Gasteiger partial charge in [0.25, 0.3) is 0 Å². The van der Waals surface area contributed by atoms with Crippen molar-refractivity contribution < 1.29 is 28.6 Å². The van der Waals surface area contributed by atoms with Crippen LogP contribution in [-0.2, 0) is 28.6 Å². The highest BCUT2D eigenvalue weighted by molar-refractivity contribution is 5.71. The van der Waals surface area contributed by atoms with Gasteiger partial charge in [0.2, 0.25) is 0 Å². The maximum Gasteiger partial charge on any atom is 0.306 e. The molecule has 0 rings (SSSR count). The summed E-state index contributed by atoms with van der Waals surface area (Å²) in [5, 5.41) is 0. The summed E-state index contributed by atoms with van der Waals surface area (Å²) >= 11 is 0. The van der Waals surface area contributed by atoms with Crippen molar-refractivity contribution in [2.24, 2.45) is 0 Å². The lowest BCUT2D eigenvalue weighted by Crippen LogP contribution is -2.30. The Kier molecular flexibility index (Phi) is 47.0. The molecule has 0 aliphatic heterocycles. The van der Waals surface area contributed by atoms with Crippen molar-refractivity contribution in [2.75, 3.05) is 13.2 Å². The lowest BCUT2D eigenvalue weighted by atomic mass is 10.0. The number of hydrogen-bond donors (Lipinski definition) is 0. The van der Waals surface area contributed by atoms with Crippen molar-refractivity contribution in [1.29, 1.82) is 0 Å². The number of carbonyl (C=O) groups is 3. The first-order valence-electron chi connectivity index (χ1n) is 25.2. The molecule has 0 aromatic rings. The zero-order valence-electron chi connectivity index (χ0n) is 40.1. The van der Waals surface area contributed by atoms with Gasteiger partial charge in [0.1, 0.15) is 13.2 Å². The fourth-order valence-corrected chi connectivity index (χ4v) is 6.61. The molecule has 6 heteroatoms. The van der Waals surface area contributed by atoms with E-state index in [-0.39, 0.29) is 37.5 Å². The van der Waals surface area contributed by atoms with E-state index in [2.05, 4.69) is 118 Å². The third-order valence-corrected chi connectivity index (χ3v) is 10.3. The van der Waals surface area contributed by atoms with E-state index >= 15 is 0 Å². The summed E-state index contributed by atoms with van der Waals surface area (Å²) < 4.78 is 16.7. The van der Waals surface area contributed by atoms with Crippen molar-refractivity contribution in [1.82, 2.24) is 0 Å². The Bertz CT molecular complexity index is 1260. The monoisotopic (exact) mass is 861 g/mol. The summed E-state index contributed by atoms with van der Waals surface area (Å²) in [7, 11) is 0. The minimum absolute atomic E-state index is 0.115. The van der Waals surface area contributed by atoms with Gasteiger partial charge in [0.05, 0.1) is 0 Å². The van der Waals surface area contributed by atoms with E-state index in [1.165, 1.54) is 77.0 Å². The van der Waals surface area contributed by atoms with Gasteiger partial charge < -0.3 is 14.2 Å². The van der Waals surface area contributed by atoms with Gasteiger partial charge in [0.15, 0.2) is 6.10 Å². The van der Waals surface area contributed by atoms with Crippen LogP contribution in [0.15, 0.2) is 97.2 Å². The largest absolute Gasteiger partial charge is 0.462 e. The van der Waals surface area contributed by atoms with E-state index in [0.29, 0.717) is 19.3 Å². The Balaban J connectivity index is 4.51. The predicted octanol–water partition coefficient (Wildman–Crippen LogP) is 16.6. The zero-order valence-corrected chi connectivity index (χ0v) is 40.1. The van der Waals surface area contributed by atoms with E-state index in [0.717, 1.165) is 96.3 Å². The van der Waals surface area contributed by atoms with Crippen molar-refractivity contribution in [3.63, 3.8) is 0 Å². The molecule has 0 spiro atoms. The third kappa shape index (κ3) is 47.4. The molecule has 1 unspecified atom stereocenters. The van der Waals surface area contributed by atoms with Crippen LogP contribution in [-0.4, -0.2) is 37.2 Å². The second-order valence-electron chi connectivity index (χ2n) is 16.3. The highest BCUT2D eigenvalue weighted by Crippen LogP contribution is 2.15. The Morgan fingerprint density at radius 1 is 0.339 bits per heavy atom. The molecule has 0 aromatic carbocycles. The fourth-order valence-electron chi connectivity index (χ4n) is 6.61. The van der Waals surface area contributed by atoms with Gasteiger partial charge in [-0.05, 0) is 89.9 Å². The van der Waals surface area contributed by atoms with Gasteiger partial charge in [-0.3, -0.25) is 14.4 Å². The van der Waals surface area contributed by atoms with Crippen LogP contribution >= 0.6 is 0 Å². The second-order valence-corrected chi connectivity index (χ2v) is 16.3. The smallest absolute Gasteiger partial charge is 0.306 e. The van der Waals surface area contributed by atoms with E-state index in [1.54, 1.807) is 0 Å². The van der Waals surface area contributed by atoms with Gasteiger partial charge in [-0.1, -0.05) is 208 Å². The number of carbonyl (C=O) groups excluding carboxylic acids is 3. The van der Waals surface area contributed by atoms with Gasteiger partial charge in [-0.25, -0.2) is 0 Å². The van der Waals surface area contributed by atoms with Crippen LogP contribution in [0.2, 0.25) is 0 Å². The van der Waals surface area contributed by atoms with Crippen LogP contribution in [0.4, 0.5) is 0 Å². The first-order chi connectivity index (χ1) is 30.5. The number of hydrogen-bond acceptors (Lipinski definition) is 6. The summed E-state index contributed by atoms with van der Waals surface area (Å²) in [6.45, 7) is 6.32. The lowest BCUT2D eigenvalue weighted by Gasteiger charge is -2.18. The average Bonchev–Trinajstić information content (AvgIpc) is 3.27. The molecule has 0 N–H and O–H groups in total. The van der Waals surface area contributed by atoms with Crippen LogP contribution in [0.3, 0.4) is 0 Å². The van der Waals surface area contributed by atoms with Gasteiger partial charge in [-0.2, -0.15) is 0 Å². The molecular formula is C56H92O6. The normalized spacial score (nSPS) is 12.9. The molecular weight excluding hydrogens is 769 g/mol. The van der Waals surface area contributed by atoms with Crippen molar-refractivity contribution in [3.05, 3.63) is 97.2 Å². The second kappa shape index (κ2) is 50.0. The molecule has 0 fully saturated rings. The standard InChI is InChI=1S/C56H92O6/c1-4-7-10-13-16-19-22-25-27-28-30-31-34-37-40-43-46-49-55(58)61-52-53(51-60-54(57)48-45-42-39-36-33-24-21-18-15-12-9-6-3)62-56(59)50-47-44-41-38-35-32-29-26-23-20-17-14-11-8-5-2/h7,9-10,12,16,18-19,21,25,27,30-31,33,36-37,40,53H,4-6,8,11,13-15,17,20,22-24,26,28-29,32,34-35,38-39,41-52H2,1-3H3/b10-7-,12-9-,19-16-,21-18-,27-25-,31-30-,36-33-,40-37-. The molecule has 6 nitrogen and oxygen atoms in total. The molecule has 0 aromatic heterocycles. The summed E-state index contributed by atoms with van der Waals surface area (Å²) in [6, 6.07) is 0. The van der Waals surface area contributed by atoms with Crippen LogP contribution in [0.5, 0.6) is 0 Å². The molecule has 0 radical (unpaired) electrons. The Hall–Kier alpha value is -3.67. The average molecular weight is 861 g/mol. The highest BCUT2D eigenvalue weighted by atomic mass is 16.6. The number of rotatable bonds is 44. The number of ether oxygens (including phenoxy) is 3. The highest BCUT2D eigenvalue weighted by Gasteiger charge is 2.19. The number of esters is 3. The van der Waals surface area contributed by atoms with E-state index < -0.39 is 6.10 Å². The molecule has 62 heavy (non-hydrogen) atoms. The van der Waals surface area contributed by atoms with Crippen LogP contribution in [0, 0.1) is 0 Å². The molecule has 0 amide bonds. The molecule has 352 valence electrons. The minimum Gasteiger partial charge on any atom is -0.462 e. The van der Waals surface area contributed by atoms with Crippen molar-refractivity contribution >= 4 is 17.9 Å². The van der Waals surface area contributed by atoms with E-state index in [4.69, 9.17) is 14.2 Å². The molecule has 0 saturated heterocycles. The Labute approximate surface area is 381 Å².